The molecule has 3 atom stereocenters. The van der Waals surface area contributed by atoms with Crippen LogP contribution >= 0.6 is 0 Å². The Morgan fingerprint density at radius 3 is 2.76 bits per heavy atom. The van der Waals surface area contributed by atoms with Gasteiger partial charge in [0.2, 0.25) is 0 Å². The molecule has 3 unspecified atom stereocenters. The number of nitrogens with zero attached hydrogens (tertiary/aromatic N) is 1. The number of piperidine rings is 1. The molecule has 1 fully saturated rings. The smallest absolute Gasteiger partial charge is 0.326 e. The van der Waals surface area contributed by atoms with Crippen molar-refractivity contribution in [2.45, 2.75) is 38.8 Å². The molecule has 0 aliphatic carbocycles. The predicted molar refractivity (Wildman–Crippen MR) is 63.4 cm³/mol. The second kappa shape index (κ2) is 5.58. The largest absolute Gasteiger partial charge is 0.480 e. The van der Waals surface area contributed by atoms with Crippen molar-refractivity contribution in [2.24, 2.45) is 5.92 Å². The lowest BCUT2D eigenvalue weighted by atomic mass is 9.93. The first-order chi connectivity index (χ1) is 7.95. The van der Waals surface area contributed by atoms with Gasteiger partial charge in [0, 0.05) is 6.54 Å². The van der Waals surface area contributed by atoms with E-state index >= 15 is 0 Å². The summed E-state index contributed by atoms with van der Waals surface area (Å²) in [5.74, 6) is 1.75. The maximum atomic E-state index is 11.8. The maximum Gasteiger partial charge on any atom is 0.326 e. The highest BCUT2D eigenvalue weighted by atomic mass is 16.4. The average Bonchev–Trinajstić information content (AvgIpc) is 2.28. The highest BCUT2D eigenvalue weighted by Crippen LogP contribution is 2.22. The van der Waals surface area contributed by atoms with Crippen LogP contribution in [0.25, 0.3) is 0 Å². The van der Waals surface area contributed by atoms with E-state index in [0.29, 0.717) is 18.9 Å². The summed E-state index contributed by atoms with van der Waals surface area (Å²) < 4.78 is 0. The lowest BCUT2D eigenvalue weighted by Crippen LogP contribution is -2.54. The molecule has 17 heavy (non-hydrogen) atoms. The second-order valence-corrected chi connectivity index (χ2v) is 4.51. The Morgan fingerprint density at radius 2 is 2.24 bits per heavy atom. The number of urea groups is 1. The molecule has 5 nitrogen and oxygen atoms in total. The molecule has 0 aromatic heterocycles. The van der Waals surface area contributed by atoms with Crippen LogP contribution in [0.4, 0.5) is 4.79 Å². The molecule has 0 aromatic rings. The Morgan fingerprint density at radius 1 is 1.59 bits per heavy atom. The maximum absolute atomic E-state index is 11.8. The molecule has 2 amide bonds. The van der Waals surface area contributed by atoms with Gasteiger partial charge in [0.1, 0.15) is 6.04 Å². The summed E-state index contributed by atoms with van der Waals surface area (Å²) in [7, 11) is 0. The molecule has 1 aliphatic rings. The van der Waals surface area contributed by atoms with E-state index in [4.69, 9.17) is 11.5 Å². The number of hydrogen-bond acceptors (Lipinski definition) is 2. The van der Waals surface area contributed by atoms with Gasteiger partial charge in [0.05, 0.1) is 6.04 Å². The number of aliphatic carboxylic acids is 1. The molecule has 2 N–H and O–H groups in total. The number of hydrogen-bond donors (Lipinski definition) is 2. The molecule has 5 heteroatoms. The first-order valence-corrected chi connectivity index (χ1v) is 5.71. The fraction of sp³-hybridized carbons (Fsp3) is 0.667. The van der Waals surface area contributed by atoms with E-state index < -0.39 is 24.1 Å². The molecule has 0 saturated carbocycles. The van der Waals surface area contributed by atoms with Crippen molar-refractivity contribution in [1.29, 1.82) is 0 Å². The molecule has 0 aromatic carbocycles. The zero-order valence-electron chi connectivity index (χ0n) is 10.1. The van der Waals surface area contributed by atoms with E-state index in [9.17, 15) is 9.59 Å². The normalized spacial score (nSPS) is 25.8. The molecule has 1 aliphatic heterocycles. The zero-order chi connectivity index (χ0) is 13.0. The Hall–Kier alpha value is -1.70. The first kappa shape index (κ1) is 13.4. The van der Waals surface area contributed by atoms with Crippen LogP contribution in [0.3, 0.4) is 0 Å². The van der Waals surface area contributed by atoms with E-state index in [1.807, 2.05) is 6.92 Å². The van der Waals surface area contributed by atoms with Crippen LogP contribution < -0.4 is 5.32 Å². The molecule has 0 radical (unpaired) electrons. The van der Waals surface area contributed by atoms with Gasteiger partial charge in [-0.15, -0.1) is 6.42 Å². The van der Waals surface area contributed by atoms with Crippen LogP contribution in [0.1, 0.15) is 26.7 Å². The zero-order valence-corrected chi connectivity index (χ0v) is 10.1. The van der Waals surface area contributed by atoms with Gasteiger partial charge in [-0.1, -0.05) is 12.8 Å². The Bertz CT molecular complexity index is 348. The van der Waals surface area contributed by atoms with Crippen molar-refractivity contribution in [3.8, 4) is 12.3 Å². The minimum Gasteiger partial charge on any atom is -0.480 e. The van der Waals surface area contributed by atoms with Crippen LogP contribution in [0.2, 0.25) is 0 Å². The number of amides is 2. The third-order valence-electron chi connectivity index (χ3n) is 3.00. The third-order valence-corrected chi connectivity index (χ3v) is 3.00. The molecule has 0 bridgehead atoms. The lowest BCUT2D eigenvalue weighted by Gasteiger charge is -2.36. The summed E-state index contributed by atoms with van der Waals surface area (Å²) in [4.78, 5) is 24.3. The highest BCUT2D eigenvalue weighted by Gasteiger charge is 2.34. The van der Waals surface area contributed by atoms with Gasteiger partial charge >= 0.3 is 12.0 Å². The number of nitrogens with one attached hydrogen (secondary N) is 1. The number of likely N-dealkylation sites (tertiary alicyclic amines) is 1. The van der Waals surface area contributed by atoms with Gasteiger partial charge in [-0.25, -0.2) is 9.59 Å². The number of rotatable bonds is 2. The van der Waals surface area contributed by atoms with Crippen LogP contribution in [0, 0.1) is 18.3 Å². The van der Waals surface area contributed by atoms with E-state index in [-0.39, 0.29) is 0 Å². The minimum absolute atomic E-state index is 0.324. The van der Waals surface area contributed by atoms with Crippen molar-refractivity contribution in [3.05, 3.63) is 0 Å². The Balaban J connectivity index is 2.70. The number of carbonyl (C=O) groups is 2. The van der Waals surface area contributed by atoms with Crippen LogP contribution in [0.5, 0.6) is 0 Å². The van der Waals surface area contributed by atoms with Gasteiger partial charge in [-0.05, 0) is 25.7 Å². The lowest BCUT2D eigenvalue weighted by molar-refractivity contribution is -0.143. The van der Waals surface area contributed by atoms with E-state index in [1.165, 1.54) is 4.90 Å². The minimum atomic E-state index is -0.958. The first-order valence-electron chi connectivity index (χ1n) is 5.71. The Kier molecular flexibility index (Phi) is 4.38. The molecule has 94 valence electrons. The fourth-order valence-electron chi connectivity index (χ4n) is 1.93. The predicted octanol–water partition coefficient (Wildman–Crippen LogP) is 0.903. The van der Waals surface area contributed by atoms with Crippen molar-refractivity contribution >= 4 is 12.0 Å². The summed E-state index contributed by atoms with van der Waals surface area (Å²) in [5.41, 5.74) is 0. The SMILES string of the molecule is C#CC(C)NC(=O)N1CCC(C)CC1C(=O)O. The number of terminal acetylenes is 1. The van der Waals surface area contributed by atoms with Crippen molar-refractivity contribution < 1.29 is 14.7 Å². The monoisotopic (exact) mass is 238 g/mol. The van der Waals surface area contributed by atoms with E-state index in [1.54, 1.807) is 6.92 Å². The molecule has 1 rings (SSSR count). The van der Waals surface area contributed by atoms with Crippen LogP contribution in [0.15, 0.2) is 0 Å². The molecule has 0 spiro atoms. The molecular formula is C12H18N2O3. The van der Waals surface area contributed by atoms with Gasteiger partial charge in [-0.2, -0.15) is 0 Å². The molecule has 1 heterocycles. The number of carbonyl (C=O) groups excluding carboxylic acids is 1. The number of carboxylic acids is 1. The van der Waals surface area contributed by atoms with Crippen LogP contribution in [-0.2, 0) is 4.79 Å². The molecule has 1 saturated heterocycles. The van der Waals surface area contributed by atoms with Gasteiger partial charge in [-0.3, -0.25) is 0 Å². The van der Waals surface area contributed by atoms with Crippen molar-refractivity contribution in [3.63, 3.8) is 0 Å². The summed E-state index contributed by atoms with van der Waals surface area (Å²) in [6.07, 6.45) is 6.48. The molecular weight excluding hydrogens is 220 g/mol. The van der Waals surface area contributed by atoms with E-state index in [0.717, 1.165) is 6.42 Å². The quantitative estimate of drug-likeness (QED) is 0.702. The second-order valence-electron chi connectivity index (χ2n) is 4.51. The van der Waals surface area contributed by atoms with Crippen LogP contribution in [-0.4, -0.2) is 40.6 Å². The number of carboxylic acid groups (broad SMARTS) is 1. The summed E-state index contributed by atoms with van der Waals surface area (Å²) in [6, 6.07) is -1.53. The fourth-order valence-corrected chi connectivity index (χ4v) is 1.93. The topological polar surface area (TPSA) is 69.6 Å². The van der Waals surface area contributed by atoms with E-state index in [2.05, 4.69) is 11.2 Å². The summed E-state index contributed by atoms with van der Waals surface area (Å²) >= 11 is 0. The summed E-state index contributed by atoms with van der Waals surface area (Å²) in [6.45, 7) is 4.14. The standard InChI is InChI=1S/C12H18N2O3/c1-4-9(3)13-12(17)14-6-5-8(2)7-10(14)11(15)16/h1,8-10H,5-7H2,2-3H3,(H,13,17)(H,15,16). The van der Waals surface area contributed by atoms with Gasteiger partial charge < -0.3 is 15.3 Å². The average molecular weight is 238 g/mol. The van der Waals surface area contributed by atoms with Crippen molar-refractivity contribution in [2.75, 3.05) is 6.54 Å². The Labute approximate surface area is 101 Å². The van der Waals surface area contributed by atoms with Crippen molar-refractivity contribution in [1.82, 2.24) is 10.2 Å². The summed E-state index contributed by atoms with van der Waals surface area (Å²) in [5, 5.41) is 11.7. The highest BCUT2D eigenvalue weighted by molar-refractivity contribution is 5.83. The van der Waals surface area contributed by atoms with Gasteiger partial charge in [0.15, 0.2) is 0 Å². The third kappa shape index (κ3) is 3.38. The van der Waals surface area contributed by atoms with Gasteiger partial charge in [0.25, 0.3) is 0 Å².